The van der Waals surface area contributed by atoms with E-state index in [-0.39, 0.29) is 58.3 Å². The van der Waals surface area contributed by atoms with Gasteiger partial charge in [-0.15, -0.1) is 0 Å². The summed E-state index contributed by atoms with van der Waals surface area (Å²) in [5.41, 5.74) is 3.67. The van der Waals surface area contributed by atoms with Gasteiger partial charge in [0.05, 0.1) is 27.7 Å². The highest BCUT2D eigenvalue weighted by molar-refractivity contribution is 6.40. The minimum absolute atomic E-state index is 0.0187. The van der Waals surface area contributed by atoms with Gasteiger partial charge in [-0.1, -0.05) is 77.8 Å². The topological polar surface area (TPSA) is 99.3 Å². The summed E-state index contributed by atoms with van der Waals surface area (Å²) in [4.78, 5) is 37.7. The lowest BCUT2D eigenvalue weighted by Gasteiger charge is -2.16. The molecule has 192 valence electrons. The maximum absolute atomic E-state index is 12.7. The molecule has 3 aromatic rings. The molecule has 4 N–H and O–H groups in total. The van der Waals surface area contributed by atoms with Crippen LogP contribution >= 0.6 is 23.2 Å². The van der Waals surface area contributed by atoms with E-state index in [4.69, 9.17) is 23.2 Å². The lowest BCUT2D eigenvalue weighted by Crippen LogP contribution is -2.41. The van der Waals surface area contributed by atoms with Gasteiger partial charge in [0.2, 0.25) is 0 Å². The van der Waals surface area contributed by atoms with Crippen LogP contribution in [0.5, 0.6) is 0 Å². The van der Waals surface area contributed by atoms with E-state index in [0.29, 0.717) is 0 Å². The highest BCUT2D eigenvalue weighted by Crippen LogP contribution is 2.30. The van der Waals surface area contributed by atoms with E-state index in [1.165, 1.54) is 17.7 Å². The number of hydrogen-bond acceptors (Lipinski definition) is 3. The molecule has 1 aliphatic rings. The van der Waals surface area contributed by atoms with Crippen LogP contribution in [0.2, 0.25) is 10.0 Å². The smallest absolute Gasteiger partial charge is 0.315 e. The fourth-order valence-electron chi connectivity index (χ4n) is 4.38. The summed E-state index contributed by atoms with van der Waals surface area (Å²) in [7, 11) is 0. The van der Waals surface area contributed by atoms with Crippen molar-refractivity contribution in [3.63, 3.8) is 0 Å². The number of benzene rings is 3. The van der Waals surface area contributed by atoms with Crippen LogP contribution in [-0.2, 0) is 6.42 Å². The first-order valence-corrected chi connectivity index (χ1v) is 12.8. The second-order valence-electron chi connectivity index (χ2n) is 8.87. The third-order valence-corrected chi connectivity index (χ3v) is 6.91. The zero-order valence-electron chi connectivity index (χ0n) is 20.3. The van der Waals surface area contributed by atoms with Crippen molar-refractivity contribution in [2.24, 2.45) is 0 Å². The number of rotatable bonds is 8. The molecule has 7 nitrogen and oxygen atoms in total. The summed E-state index contributed by atoms with van der Waals surface area (Å²) in [6, 6.07) is 19.9. The Balaban J connectivity index is 1.26. The van der Waals surface area contributed by atoms with Crippen molar-refractivity contribution in [1.82, 2.24) is 21.3 Å². The van der Waals surface area contributed by atoms with Gasteiger partial charge >= 0.3 is 6.03 Å². The minimum atomic E-state index is -0.494. The molecule has 4 amide bonds. The van der Waals surface area contributed by atoms with E-state index in [1.807, 2.05) is 55.5 Å². The summed E-state index contributed by atoms with van der Waals surface area (Å²) >= 11 is 12.6. The Bertz CT molecular complexity index is 1280. The van der Waals surface area contributed by atoms with Crippen LogP contribution in [0.4, 0.5) is 4.79 Å². The number of carbonyl (C=O) groups is 3. The van der Waals surface area contributed by atoms with Gasteiger partial charge in [-0.25, -0.2) is 4.79 Å². The minimum Gasteiger partial charge on any atom is -0.350 e. The van der Waals surface area contributed by atoms with E-state index in [2.05, 4.69) is 27.3 Å². The van der Waals surface area contributed by atoms with Gasteiger partial charge in [0, 0.05) is 18.7 Å². The number of fused-ring (bicyclic) bond motifs is 1. The molecule has 9 heteroatoms. The van der Waals surface area contributed by atoms with Gasteiger partial charge in [-0.2, -0.15) is 0 Å². The first-order chi connectivity index (χ1) is 17.8. The maximum atomic E-state index is 12.7. The fourth-order valence-corrected chi connectivity index (χ4v) is 5.04. The highest BCUT2D eigenvalue weighted by atomic mass is 35.5. The van der Waals surface area contributed by atoms with Crippen molar-refractivity contribution in [3.05, 3.63) is 105 Å². The van der Waals surface area contributed by atoms with Crippen molar-refractivity contribution < 1.29 is 14.4 Å². The van der Waals surface area contributed by atoms with E-state index >= 15 is 0 Å². The third-order valence-electron chi connectivity index (χ3n) is 6.31. The van der Waals surface area contributed by atoms with Crippen LogP contribution in [0.25, 0.3) is 0 Å². The molecule has 0 fully saturated rings. The Morgan fingerprint density at radius 2 is 1.54 bits per heavy atom. The Hall–Kier alpha value is -3.55. The van der Waals surface area contributed by atoms with Crippen molar-refractivity contribution in [1.29, 1.82) is 0 Å². The summed E-state index contributed by atoms with van der Waals surface area (Å²) < 4.78 is 0. The first-order valence-electron chi connectivity index (χ1n) is 12.1. The Morgan fingerprint density at radius 3 is 2.27 bits per heavy atom. The van der Waals surface area contributed by atoms with Gasteiger partial charge in [0.15, 0.2) is 0 Å². The molecule has 0 aliphatic heterocycles. The number of carbonyl (C=O) groups excluding carboxylic acids is 3. The van der Waals surface area contributed by atoms with Gasteiger partial charge in [0.25, 0.3) is 11.8 Å². The number of halogens is 2. The van der Waals surface area contributed by atoms with Crippen molar-refractivity contribution in [2.75, 3.05) is 13.1 Å². The Kier molecular flexibility index (Phi) is 8.69. The van der Waals surface area contributed by atoms with E-state index in [0.717, 1.165) is 24.0 Å². The van der Waals surface area contributed by atoms with Crippen molar-refractivity contribution in [2.45, 2.75) is 31.8 Å². The summed E-state index contributed by atoms with van der Waals surface area (Å²) in [5, 5.41) is 11.4. The predicted molar refractivity (Wildman–Crippen MR) is 145 cm³/mol. The SMILES string of the molecule is C[C@H](NC(=O)c1cc(Cl)c(C(=O)NCCNC(=O)N[C@@H]2CCc3ccccc32)c(Cl)c1)c1ccccc1. The number of nitrogens with one attached hydrogen (secondary N) is 4. The molecule has 2 atom stereocenters. The van der Waals surface area contributed by atoms with Crippen molar-refractivity contribution in [3.8, 4) is 0 Å². The second kappa shape index (κ2) is 12.1. The largest absolute Gasteiger partial charge is 0.350 e. The van der Waals surface area contributed by atoms with Crippen LogP contribution < -0.4 is 21.3 Å². The molecule has 0 heterocycles. The van der Waals surface area contributed by atoms with Crippen LogP contribution in [0, 0.1) is 0 Å². The molecule has 0 unspecified atom stereocenters. The molecule has 4 rings (SSSR count). The quantitative estimate of drug-likeness (QED) is 0.296. The molecule has 0 aromatic heterocycles. The normalized spacial score (nSPS) is 14.8. The lowest BCUT2D eigenvalue weighted by atomic mass is 10.1. The van der Waals surface area contributed by atoms with Crippen LogP contribution in [0.3, 0.4) is 0 Å². The fraction of sp³-hybridized carbons (Fsp3) is 0.250. The monoisotopic (exact) mass is 538 g/mol. The van der Waals surface area contributed by atoms with E-state index < -0.39 is 5.91 Å². The molecular weight excluding hydrogens is 511 g/mol. The Labute approximate surface area is 225 Å². The number of aryl methyl sites for hydroxylation is 1. The van der Waals surface area contributed by atoms with Gasteiger partial charge < -0.3 is 21.3 Å². The number of amides is 4. The molecular formula is C28H28Cl2N4O3. The van der Waals surface area contributed by atoms with Gasteiger partial charge in [0.1, 0.15) is 0 Å². The zero-order chi connectivity index (χ0) is 26.4. The molecule has 0 spiro atoms. The van der Waals surface area contributed by atoms with Gasteiger partial charge in [-0.05, 0) is 48.6 Å². The lowest BCUT2D eigenvalue weighted by molar-refractivity contribution is 0.0933. The van der Waals surface area contributed by atoms with Crippen LogP contribution in [-0.4, -0.2) is 30.9 Å². The van der Waals surface area contributed by atoms with Gasteiger partial charge in [-0.3, -0.25) is 9.59 Å². The highest BCUT2D eigenvalue weighted by Gasteiger charge is 2.23. The molecule has 0 radical (unpaired) electrons. The molecule has 0 saturated heterocycles. The van der Waals surface area contributed by atoms with Crippen LogP contribution in [0.1, 0.15) is 62.8 Å². The summed E-state index contributed by atoms with van der Waals surface area (Å²) in [5.74, 6) is -0.848. The second-order valence-corrected chi connectivity index (χ2v) is 9.68. The van der Waals surface area contributed by atoms with E-state index in [1.54, 1.807) is 0 Å². The standard InChI is InChI=1S/C28H28Cl2N4O3/c1-17(18-7-3-2-4-8-18)33-26(35)20-15-22(29)25(23(30)16-20)27(36)31-13-14-32-28(37)34-24-12-11-19-9-5-6-10-21(19)24/h2-10,15-17,24H,11-14H2,1H3,(H,31,36)(H,33,35)(H2,32,34,37)/t17-,24+/m0/s1. The molecule has 1 aliphatic carbocycles. The van der Waals surface area contributed by atoms with Crippen molar-refractivity contribution >= 4 is 41.0 Å². The van der Waals surface area contributed by atoms with E-state index in [9.17, 15) is 14.4 Å². The molecule has 37 heavy (non-hydrogen) atoms. The first kappa shape index (κ1) is 26.5. The Morgan fingerprint density at radius 1 is 0.892 bits per heavy atom. The molecule has 0 bridgehead atoms. The molecule has 0 saturated carbocycles. The summed E-state index contributed by atoms with van der Waals surface area (Å²) in [6.45, 7) is 2.27. The average molecular weight is 539 g/mol. The third kappa shape index (κ3) is 6.61. The predicted octanol–water partition coefficient (Wildman–Crippen LogP) is 5.20. The number of urea groups is 1. The maximum Gasteiger partial charge on any atom is 0.315 e. The van der Waals surface area contributed by atoms with Crippen LogP contribution in [0.15, 0.2) is 66.7 Å². The molecule has 3 aromatic carbocycles. The average Bonchev–Trinajstić information content (AvgIpc) is 3.29. The zero-order valence-corrected chi connectivity index (χ0v) is 21.8. The summed E-state index contributed by atoms with van der Waals surface area (Å²) in [6.07, 6.45) is 1.80. The number of hydrogen-bond donors (Lipinski definition) is 4.